The van der Waals surface area contributed by atoms with Crippen LogP contribution in [0.2, 0.25) is 0 Å². The third-order valence-electron chi connectivity index (χ3n) is 4.54. The molecule has 2 aliphatic rings. The van der Waals surface area contributed by atoms with Gasteiger partial charge < -0.3 is 24.7 Å². The highest BCUT2D eigenvalue weighted by Gasteiger charge is 2.40. The summed E-state index contributed by atoms with van der Waals surface area (Å²) in [4.78, 5) is 27.9. The molecule has 0 amide bonds. The first-order valence-electron chi connectivity index (χ1n) is 9.02. The molecule has 9 nitrogen and oxygen atoms in total. The maximum absolute atomic E-state index is 11.6. The van der Waals surface area contributed by atoms with E-state index >= 15 is 0 Å². The number of benzene rings is 2. The minimum atomic E-state index is -0.752. The smallest absolute Gasteiger partial charge is 0.322 e. The van der Waals surface area contributed by atoms with Crippen molar-refractivity contribution in [3.63, 3.8) is 0 Å². The van der Waals surface area contributed by atoms with E-state index in [0.717, 1.165) is 0 Å². The van der Waals surface area contributed by atoms with Gasteiger partial charge in [-0.05, 0) is 24.3 Å². The first-order valence-corrected chi connectivity index (χ1v) is 9.02. The van der Waals surface area contributed by atoms with Crippen LogP contribution in [0.5, 0.6) is 11.5 Å². The lowest BCUT2D eigenvalue weighted by molar-refractivity contribution is -0.292. The second kappa shape index (κ2) is 7.80. The van der Waals surface area contributed by atoms with Crippen molar-refractivity contribution < 1.29 is 29.5 Å². The predicted molar refractivity (Wildman–Crippen MR) is 102 cm³/mol. The SMILES string of the molecule is CC(=O)ON(C1CC(c2ccccc2O)=NO1)C1CC(c2ccccc2O)=NO1. The average Bonchev–Trinajstić information content (AvgIpc) is 3.37. The molecular weight excluding hydrogens is 378 g/mol. The number of aromatic hydroxyl groups is 2. The lowest BCUT2D eigenvalue weighted by Gasteiger charge is -2.27. The number of phenols is 2. The Morgan fingerprint density at radius 3 is 1.79 bits per heavy atom. The number of hydrogen-bond acceptors (Lipinski definition) is 9. The van der Waals surface area contributed by atoms with Crippen molar-refractivity contribution >= 4 is 17.4 Å². The van der Waals surface area contributed by atoms with Crippen molar-refractivity contribution in [1.29, 1.82) is 0 Å². The number of oxime groups is 2. The number of nitrogens with zero attached hydrogens (tertiary/aromatic N) is 3. The Morgan fingerprint density at radius 1 is 0.931 bits per heavy atom. The summed E-state index contributed by atoms with van der Waals surface area (Å²) < 4.78 is 0. The van der Waals surface area contributed by atoms with Crippen LogP contribution in [0.15, 0.2) is 58.8 Å². The minimum Gasteiger partial charge on any atom is -0.507 e. The van der Waals surface area contributed by atoms with E-state index in [1.807, 2.05) is 0 Å². The topological polar surface area (TPSA) is 113 Å². The average molecular weight is 397 g/mol. The van der Waals surface area contributed by atoms with Gasteiger partial charge in [-0.15, -0.1) is 0 Å². The van der Waals surface area contributed by atoms with Gasteiger partial charge in [0.2, 0.25) is 12.5 Å². The number of para-hydroxylation sites is 2. The van der Waals surface area contributed by atoms with Gasteiger partial charge in [0.15, 0.2) is 0 Å². The summed E-state index contributed by atoms with van der Waals surface area (Å²) in [5.74, 6) is -0.391. The van der Waals surface area contributed by atoms with Gasteiger partial charge in [-0.3, -0.25) is 4.79 Å². The fraction of sp³-hybridized carbons (Fsp3) is 0.250. The summed E-state index contributed by atoms with van der Waals surface area (Å²) in [7, 11) is 0. The molecule has 150 valence electrons. The lowest BCUT2D eigenvalue weighted by Crippen LogP contribution is -2.44. The van der Waals surface area contributed by atoms with Crippen LogP contribution < -0.4 is 0 Å². The molecule has 2 N–H and O–H groups in total. The Bertz CT molecular complexity index is 918. The molecule has 4 rings (SSSR count). The Labute approximate surface area is 166 Å². The van der Waals surface area contributed by atoms with Crippen LogP contribution in [-0.4, -0.2) is 45.1 Å². The third kappa shape index (κ3) is 3.85. The number of rotatable bonds is 5. The van der Waals surface area contributed by atoms with E-state index in [0.29, 0.717) is 22.6 Å². The summed E-state index contributed by atoms with van der Waals surface area (Å²) in [6, 6.07) is 13.5. The van der Waals surface area contributed by atoms with Crippen molar-refractivity contribution in [1.82, 2.24) is 5.06 Å². The van der Waals surface area contributed by atoms with Crippen molar-refractivity contribution in [3.05, 3.63) is 59.7 Å². The van der Waals surface area contributed by atoms with Gasteiger partial charge in [-0.1, -0.05) is 39.6 Å². The van der Waals surface area contributed by atoms with E-state index in [9.17, 15) is 15.0 Å². The summed E-state index contributed by atoms with van der Waals surface area (Å²) >= 11 is 0. The molecule has 2 unspecified atom stereocenters. The quantitative estimate of drug-likeness (QED) is 0.745. The zero-order valence-electron chi connectivity index (χ0n) is 15.6. The van der Waals surface area contributed by atoms with E-state index in [1.165, 1.54) is 12.0 Å². The van der Waals surface area contributed by atoms with E-state index < -0.39 is 18.4 Å². The summed E-state index contributed by atoms with van der Waals surface area (Å²) in [6.45, 7) is 1.27. The summed E-state index contributed by atoms with van der Waals surface area (Å²) in [5, 5.41) is 29.4. The Balaban J connectivity index is 1.49. The molecule has 0 radical (unpaired) electrons. The number of hydrogen-bond donors (Lipinski definition) is 2. The first-order chi connectivity index (χ1) is 14.0. The van der Waals surface area contributed by atoms with Gasteiger partial charge in [-0.25, -0.2) is 0 Å². The molecule has 0 fully saturated rings. The highest BCUT2D eigenvalue weighted by molar-refractivity contribution is 6.04. The zero-order chi connectivity index (χ0) is 20.4. The van der Waals surface area contributed by atoms with Crippen LogP contribution in [0, 0.1) is 0 Å². The second-order valence-corrected chi connectivity index (χ2v) is 6.58. The monoisotopic (exact) mass is 397 g/mol. The summed E-state index contributed by atoms with van der Waals surface area (Å²) in [6.07, 6.45) is -0.984. The minimum absolute atomic E-state index is 0.0804. The maximum atomic E-state index is 11.6. The van der Waals surface area contributed by atoms with Crippen molar-refractivity contribution in [2.45, 2.75) is 32.2 Å². The number of carbonyl (C=O) groups excluding carboxylic acids is 1. The van der Waals surface area contributed by atoms with Gasteiger partial charge in [0.1, 0.15) is 11.5 Å². The molecule has 2 heterocycles. The third-order valence-corrected chi connectivity index (χ3v) is 4.54. The predicted octanol–water partition coefficient (Wildman–Crippen LogP) is 2.48. The zero-order valence-corrected chi connectivity index (χ0v) is 15.6. The van der Waals surface area contributed by atoms with Crippen LogP contribution in [0.1, 0.15) is 30.9 Å². The molecule has 0 aliphatic carbocycles. The van der Waals surface area contributed by atoms with E-state index in [1.54, 1.807) is 48.5 Å². The molecule has 2 atom stereocenters. The Hall–Kier alpha value is -3.59. The molecule has 2 aromatic rings. The Morgan fingerprint density at radius 2 is 1.38 bits per heavy atom. The van der Waals surface area contributed by atoms with E-state index in [4.69, 9.17) is 14.5 Å². The molecule has 0 saturated carbocycles. The van der Waals surface area contributed by atoms with Gasteiger partial charge in [0.25, 0.3) is 0 Å². The van der Waals surface area contributed by atoms with Crippen LogP contribution in [0.25, 0.3) is 0 Å². The van der Waals surface area contributed by atoms with Crippen LogP contribution in [-0.2, 0) is 19.3 Å². The van der Waals surface area contributed by atoms with Crippen LogP contribution in [0.4, 0.5) is 0 Å². The van der Waals surface area contributed by atoms with Crippen molar-refractivity contribution in [2.24, 2.45) is 10.3 Å². The molecule has 29 heavy (non-hydrogen) atoms. The van der Waals surface area contributed by atoms with Crippen LogP contribution >= 0.6 is 0 Å². The normalized spacial score (nSPS) is 20.6. The molecule has 0 aromatic heterocycles. The molecule has 9 heteroatoms. The highest BCUT2D eigenvalue weighted by Crippen LogP contribution is 2.30. The van der Waals surface area contributed by atoms with Gasteiger partial charge >= 0.3 is 5.97 Å². The second-order valence-electron chi connectivity index (χ2n) is 6.58. The fourth-order valence-electron chi connectivity index (χ4n) is 3.21. The van der Waals surface area contributed by atoms with Gasteiger partial charge in [0, 0.05) is 18.1 Å². The molecule has 0 spiro atoms. The number of hydroxylamine groups is 2. The summed E-state index contributed by atoms with van der Waals surface area (Å²) in [5.41, 5.74) is 2.11. The van der Waals surface area contributed by atoms with Crippen molar-refractivity contribution in [2.75, 3.05) is 0 Å². The van der Waals surface area contributed by atoms with Gasteiger partial charge in [-0.2, -0.15) is 0 Å². The molecule has 2 aromatic carbocycles. The van der Waals surface area contributed by atoms with E-state index in [2.05, 4.69) is 10.3 Å². The van der Waals surface area contributed by atoms with Gasteiger partial charge in [0.05, 0.1) is 24.3 Å². The first kappa shape index (κ1) is 18.8. The molecule has 0 saturated heterocycles. The standard InChI is InChI=1S/C20H19N3O6/c1-12(24)29-23(19-10-15(21-27-19)13-6-2-4-8-17(13)25)20-11-16(22-28-20)14-7-3-5-9-18(14)26/h2-9,19-20,25-26H,10-11H2,1H3. The highest BCUT2D eigenvalue weighted by atomic mass is 16.8. The maximum Gasteiger partial charge on any atom is 0.322 e. The number of carbonyl (C=O) groups is 1. The Kier molecular flexibility index (Phi) is 5.05. The largest absolute Gasteiger partial charge is 0.507 e. The van der Waals surface area contributed by atoms with E-state index in [-0.39, 0.29) is 24.3 Å². The lowest BCUT2D eigenvalue weighted by atomic mass is 10.0. The molecule has 2 aliphatic heterocycles. The number of phenolic OH excluding ortho intramolecular Hbond substituents is 2. The van der Waals surface area contributed by atoms with Crippen LogP contribution in [0.3, 0.4) is 0 Å². The molecule has 0 bridgehead atoms. The molecular formula is C20H19N3O6. The fourth-order valence-corrected chi connectivity index (χ4v) is 3.21. The van der Waals surface area contributed by atoms with Crippen molar-refractivity contribution in [3.8, 4) is 11.5 Å².